The van der Waals surface area contributed by atoms with Gasteiger partial charge in [0, 0.05) is 11.9 Å². The summed E-state index contributed by atoms with van der Waals surface area (Å²) in [5, 5.41) is 9.59. The normalized spacial score (nSPS) is 18.7. The van der Waals surface area contributed by atoms with Crippen LogP contribution in [0, 0.1) is 5.92 Å². The first-order valence-electron chi connectivity index (χ1n) is 8.08. The molecule has 3 aromatic rings. The first-order chi connectivity index (χ1) is 11.5. The molecule has 126 valence electrons. The van der Waals surface area contributed by atoms with E-state index in [9.17, 15) is 4.79 Å². The van der Waals surface area contributed by atoms with Gasteiger partial charge in [-0.2, -0.15) is 0 Å². The van der Waals surface area contributed by atoms with Crippen LogP contribution >= 0.6 is 23.1 Å². The smallest absolute Gasteiger partial charge is 0.259 e. The fraction of sp³-hybridized carbons (Fsp3) is 0.500. The number of rotatable bonds is 3. The second-order valence-electron chi connectivity index (χ2n) is 6.47. The molecule has 1 aliphatic rings. The van der Waals surface area contributed by atoms with Gasteiger partial charge in [-0.15, -0.1) is 21.5 Å². The molecule has 1 N–H and O–H groups in total. The third-order valence-electron chi connectivity index (χ3n) is 4.52. The van der Waals surface area contributed by atoms with E-state index in [-0.39, 0.29) is 10.8 Å². The molecule has 0 amide bonds. The molecule has 3 aromatic heterocycles. The minimum absolute atomic E-state index is 0.00283. The molecule has 0 radical (unpaired) electrons. The van der Waals surface area contributed by atoms with Gasteiger partial charge in [-0.25, -0.2) is 4.98 Å². The average molecular weight is 361 g/mol. The molecular weight excluding hydrogens is 342 g/mol. The molecule has 2 atom stereocenters. The number of fused-ring (bicyclic) bond motifs is 3. The van der Waals surface area contributed by atoms with E-state index in [1.54, 1.807) is 29.4 Å². The molecule has 0 aromatic carbocycles. The zero-order valence-electron chi connectivity index (χ0n) is 13.9. The fourth-order valence-electron chi connectivity index (χ4n) is 3.15. The fourth-order valence-corrected chi connectivity index (χ4v) is 5.39. The minimum atomic E-state index is -0.00697. The lowest BCUT2D eigenvalue weighted by Gasteiger charge is -2.17. The summed E-state index contributed by atoms with van der Waals surface area (Å²) < 4.78 is 1.86. The first kappa shape index (κ1) is 15.8. The monoisotopic (exact) mass is 361 g/mol. The first-order valence-corrected chi connectivity index (χ1v) is 9.77. The number of aromatic amines is 1. The Kier molecular flexibility index (Phi) is 3.96. The van der Waals surface area contributed by atoms with Crippen molar-refractivity contribution in [1.82, 2.24) is 24.7 Å². The van der Waals surface area contributed by atoms with Crippen molar-refractivity contribution in [3.05, 3.63) is 32.9 Å². The van der Waals surface area contributed by atoms with Gasteiger partial charge in [0.2, 0.25) is 0 Å². The van der Waals surface area contributed by atoms with Gasteiger partial charge >= 0.3 is 0 Å². The Morgan fingerprint density at radius 3 is 3.08 bits per heavy atom. The van der Waals surface area contributed by atoms with E-state index in [4.69, 9.17) is 4.98 Å². The number of thioether (sulfide) groups is 1. The van der Waals surface area contributed by atoms with Crippen LogP contribution in [0.1, 0.15) is 41.8 Å². The van der Waals surface area contributed by atoms with E-state index in [2.05, 4.69) is 22.1 Å². The zero-order valence-corrected chi connectivity index (χ0v) is 15.5. The summed E-state index contributed by atoms with van der Waals surface area (Å²) in [6.07, 6.45) is 4.87. The molecule has 0 fully saturated rings. The molecule has 0 saturated carbocycles. The van der Waals surface area contributed by atoms with E-state index < -0.39 is 0 Å². The molecule has 0 spiro atoms. The van der Waals surface area contributed by atoms with Gasteiger partial charge in [0.05, 0.1) is 10.6 Å². The Hall–Kier alpha value is -1.67. The summed E-state index contributed by atoms with van der Waals surface area (Å²) in [6.45, 7) is 4.30. The molecule has 1 aliphatic carbocycles. The van der Waals surface area contributed by atoms with Gasteiger partial charge in [-0.1, -0.05) is 18.7 Å². The topological polar surface area (TPSA) is 76.5 Å². The Morgan fingerprint density at radius 2 is 2.33 bits per heavy atom. The van der Waals surface area contributed by atoms with Crippen LogP contribution in [-0.2, 0) is 19.9 Å². The van der Waals surface area contributed by atoms with E-state index in [1.165, 1.54) is 10.4 Å². The lowest BCUT2D eigenvalue weighted by atomic mass is 9.89. The summed E-state index contributed by atoms with van der Waals surface area (Å²) in [6, 6.07) is 0. The maximum absolute atomic E-state index is 12.7. The van der Waals surface area contributed by atoms with Crippen molar-refractivity contribution in [3.63, 3.8) is 0 Å². The van der Waals surface area contributed by atoms with E-state index in [1.807, 2.05) is 18.5 Å². The van der Waals surface area contributed by atoms with Gasteiger partial charge in [0.15, 0.2) is 5.16 Å². The summed E-state index contributed by atoms with van der Waals surface area (Å²) >= 11 is 3.23. The highest BCUT2D eigenvalue weighted by atomic mass is 32.2. The van der Waals surface area contributed by atoms with Crippen molar-refractivity contribution in [1.29, 1.82) is 0 Å². The summed E-state index contributed by atoms with van der Waals surface area (Å²) in [7, 11) is 1.91. The molecule has 0 saturated heterocycles. The highest BCUT2D eigenvalue weighted by Gasteiger charge is 2.24. The van der Waals surface area contributed by atoms with Crippen molar-refractivity contribution in [2.75, 3.05) is 0 Å². The zero-order chi connectivity index (χ0) is 16.8. The third kappa shape index (κ3) is 2.67. The van der Waals surface area contributed by atoms with Crippen LogP contribution in [0.25, 0.3) is 10.2 Å². The predicted molar refractivity (Wildman–Crippen MR) is 96.7 cm³/mol. The predicted octanol–water partition coefficient (Wildman–Crippen LogP) is 3.09. The van der Waals surface area contributed by atoms with Gasteiger partial charge in [-0.3, -0.25) is 4.79 Å². The third-order valence-corrected chi connectivity index (χ3v) is 6.83. The Labute approximate surface area is 147 Å². The lowest BCUT2D eigenvalue weighted by Crippen LogP contribution is -2.15. The van der Waals surface area contributed by atoms with Gasteiger partial charge in [0.25, 0.3) is 5.56 Å². The highest BCUT2D eigenvalue weighted by molar-refractivity contribution is 7.99. The van der Waals surface area contributed by atoms with Gasteiger partial charge in [-0.05, 0) is 37.7 Å². The van der Waals surface area contributed by atoms with Crippen molar-refractivity contribution < 1.29 is 0 Å². The maximum Gasteiger partial charge on any atom is 0.259 e. The maximum atomic E-state index is 12.7. The van der Waals surface area contributed by atoms with Crippen LogP contribution in [0.2, 0.25) is 0 Å². The molecule has 4 rings (SSSR count). The molecular formula is C16H19N5OS2. The van der Waals surface area contributed by atoms with Crippen molar-refractivity contribution in [3.8, 4) is 0 Å². The van der Waals surface area contributed by atoms with Crippen molar-refractivity contribution in [2.45, 2.75) is 43.5 Å². The average Bonchev–Trinajstić information content (AvgIpc) is 3.10. The van der Waals surface area contributed by atoms with E-state index >= 15 is 0 Å². The van der Waals surface area contributed by atoms with Gasteiger partial charge in [0.1, 0.15) is 17.0 Å². The summed E-state index contributed by atoms with van der Waals surface area (Å²) in [4.78, 5) is 22.6. The number of hydrogen-bond acceptors (Lipinski definition) is 6. The van der Waals surface area contributed by atoms with Crippen LogP contribution in [-0.4, -0.2) is 24.7 Å². The number of nitrogens with zero attached hydrogens (tertiary/aromatic N) is 4. The van der Waals surface area contributed by atoms with Crippen LogP contribution in [0.5, 0.6) is 0 Å². The van der Waals surface area contributed by atoms with Crippen LogP contribution < -0.4 is 5.56 Å². The number of nitrogens with one attached hydrogen (secondary N) is 1. The molecule has 0 aliphatic heterocycles. The van der Waals surface area contributed by atoms with E-state index in [0.717, 1.165) is 34.6 Å². The van der Waals surface area contributed by atoms with Crippen molar-refractivity contribution in [2.24, 2.45) is 13.0 Å². The quantitative estimate of drug-likeness (QED) is 0.726. The Morgan fingerprint density at radius 1 is 1.50 bits per heavy atom. The number of hydrogen-bond donors (Lipinski definition) is 1. The SMILES string of the molecule is C[C@@H]1CCc2c(sc3nc([C@@H](C)Sc4nncn4C)[nH]c(=O)c23)C1. The minimum Gasteiger partial charge on any atom is -0.312 e. The second-order valence-corrected chi connectivity index (χ2v) is 8.86. The van der Waals surface area contributed by atoms with Crippen LogP contribution in [0.3, 0.4) is 0 Å². The number of thiophene rings is 1. The van der Waals surface area contributed by atoms with Crippen molar-refractivity contribution >= 4 is 33.3 Å². The number of aromatic nitrogens is 5. The largest absolute Gasteiger partial charge is 0.312 e. The Balaban J connectivity index is 1.73. The number of aryl methyl sites for hydroxylation is 2. The molecule has 0 bridgehead atoms. The Bertz CT molecular complexity index is 957. The van der Waals surface area contributed by atoms with Crippen LogP contribution in [0.4, 0.5) is 0 Å². The van der Waals surface area contributed by atoms with E-state index in [0.29, 0.717) is 11.7 Å². The highest BCUT2D eigenvalue weighted by Crippen LogP contribution is 2.37. The van der Waals surface area contributed by atoms with Gasteiger partial charge < -0.3 is 9.55 Å². The lowest BCUT2D eigenvalue weighted by molar-refractivity contribution is 0.509. The molecule has 6 nitrogen and oxygen atoms in total. The molecule has 8 heteroatoms. The molecule has 3 heterocycles. The molecule has 24 heavy (non-hydrogen) atoms. The number of H-pyrrole nitrogens is 1. The standard InChI is InChI=1S/C16H19N5OS2/c1-8-4-5-10-11(6-8)24-15-12(10)14(22)18-13(19-15)9(2)23-16-20-17-7-21(16)3/h7-9H,4-6H2,1-3H3,(H,18,19,22)/t8-,9-/m1/s1. The summed E-state index contributed by atoms with van der Waals surface area (Å²) in [5.41, 5.74) is 1.22. The summed E-state index contributed by atoms with van der Waals surface area (Å²) in [5.74, 6) is 1.39. The molecule has 0 unspecified atom stereocenters. The second kappa shape index (κ2) is 6.00. The van der Waals surface area contributed by atoms with Crippen LogP contribution in [0.15, 0.2) is 16.3 Å².